The fourth-order valence-corrected chi connectivity index (χ4v) is 3.24. The molecular formula is C14H24N2O3. The Kier molecular flexibility index (Phi) is 4.02. The summed E-state index contributed by atoms with van der Waals surface area (Å²) in [5.41, 5.74) is -1.01. The van der Waals surface area contributed by atoms with Crippen LogP contribution in [0.2, 0.25) is 0 Å². The largest absolute Gasteiger partial charge is 0.480 e. The molecule has 2 rings (SSSR count). The van der Waals surface area contributed by atoms with E-state index in [0.717, 1.165) is 25.7 Å². The molecule has 0 bridgehead atoms. The summed E-state index contributed by atoms with van der Waals surface area (Å²) in [6.07, 6.45) is 6.50. The summed E-state index contributed by atoms with van der Waals surface area (Å²) in [5.74, 6) is -0.413. The van der Waals surface area contributed by atoms with Gasteiger partial charge in [0.1, 0.15) is 5.54 Å². The third-order valence-corrected chi connectivity index (χ3v) is 4.85. The summed E-state index contributed by atoms with van der Waals surface area (Å²) in [6, 6.07) is 0.000483. The van der Waals surface area contributed by atoms with Crippen molar-refractivity contribution in [2.75, 3.05) is 7.05 Å². The van der Waals surface area contributed by atoms with Gasteiger partial charge in [0.05, 0.1) is 0 Å². The Bertz CT molecular complexity index is 366. The predicted octanol–water partition coefficient (Wildman–Crippen LogP) is 2.21. The maximum atomic E-state index is 12.3. The summed E-state index contributed by atoms with van der Waals surface area (Å²) in [5, 5.41) is 12.0. The molecule has 0 radical (unpaired) electrons. The molecule has 2 unspecified atom stereocenters. The van der Waals surface area contributed by atoms with Crippen LogP contribution in [0.25, 0.3) is 0 Å². The van der Waals surface area contributed by atoms with Crippen molar-refractivity contribution >= 4 is 12.0 Å². The van der Waals surface area contributed by atoms with Gasteiger partial charge < -0.3 is 15.3 Å². The van der Waals surface area contributed by atoms with Gasteiger partial charge in [-0.15, -0.1) is 0 Å². The van der Waals surface area contributed by atoms with Crippen LogP contribution in [-0.2, 0) is 4.79 Å². The lowest BCUT2D eigenvalue weighted by atomic mass is 9.77. The Hall–Kier alpha value is -1.26. The van der Waals surface area contributed by atoms with E-state index in [4.69, 9.17) is 0 Å². The summed E-state index contributed by atoms with van der Waals surface area (Å²) >= 11 is 0. The maximum Gasteiger partial charge on any atom is 0.329 e. The number of hydrogen-bond acceptors (Lipinski definition) is 2. The first-order valence-electron chi connectivity index (χ1n) is 7.25. The van der Waals surface area contributed by atoms with Crippen molar-refractivity contribution in [1.29, 1.82) is 0 Å². The van der Waals surface area contributed by atoms with Gasteiger partial charge >= 0.3 is 12.0 Å². The zero-order valence-corrected chi connectivity index (χ0v) is 11.8. The van der Waals surface area contributed by atoms with Gasteiger partial charge in [-0.3, -0.25) is 0 Å². The first kappa shape index (κ1) is 14.2. The zero-order chi connectivity index (χ0) is 14.0. The molecule has 0 aliphatic heterocycles. The van der Waals surface area contributed by atoms with Gasteiger partial charge in [-0.05, 0) is 38.0 Å². The second-order valence-electron chi connectivity index (χ2n) is 6.11. The molecule has 5 heteroatoms. The standard InChI is InChI=1S/C14H24N2O3/c1-10-6-3-4-7-11(10)16(2)13(19)15-14(12(17)18)8-5-9-14/h10-11H,3-9H2,1-2H3,(H,15,19)(H,17,18). The number of urea groups is 1. The van der Waals surface area contributed by atoms with Crippen LogP contribution >= 0.6 is 0 Å². The van der Waals surface area contributed by atoms with Crippen LogP contribution in [0.1, 0.15) is 51.9 Å². The van der Waals surface area contributed by atoms with Crippen LogP contribution in [0.3, 0.4) is 0 Å². The predicted molar refractivity (Wildman–Crippen MR) is 71.9 cm³/mol. The molecule has 0 spiro atoms. The molecule has 2 aliphatic rings. The lowest BCUT2D eigenvalue weighted by molar-refractivity contribution is -0.148. The minimum absolute atomic E-state index is 0.235. The third kappa shape index (κ3) is 2.69. The molecule has 2 saturated carbocycles. The normalized spacial score (nSPS) is 29.2. The van der Waals surface area contributed by atoms with Crippen molar-refractivity contribution in [2.24, 2.45) is 5.92 Å². The van der Waals surface area contributed by atoms with Crippen molar-refractivity contribution < 1.29 is 14.7 Å². The first-order valence-corrected chi connectivity index (χ1v) is 7.25. The minimum atomic E-state index is -1.01. The monoisotopic (exact) mass is 268 g/mol. The molecule has 2 fully saturated rings. The topological polar surface area (TPSA) is 69.6 Å². The summed E-state index contributed by atoms with van der Waals surface area (Å²) in [6.45, 7) is 2.17. The van der Waals surface area contributed by atoms with Gasteiger partial charge in [0.15, 0.2) is 0 Å². The van der Waals surface area contributed by atoms with E-state index >= 15 is 0 Å². The third-order valence-electron chi connectivity index (χ3n) is 4.85. The molecular weight excluding hydrogens is 244 g/mol. The molecule has 0 heterocycles. The second kappa shape index (κ2) is 5.39. The number of carboxylic acids is 1. The van der Waals surface area contributed by atoms with E-state index in [1.807, 2.05) is 0 Å². The highest BCUT2D eigenvalue weighted by atomic mass is 16.4. The van der Waals surface area contributed by atoms with E-state index in [2.05, 4.69) is 12.2 Å². The smallest absolute Gasteiger partial charge is 0.329 e. The quantitative estimate of drug-likeness (QED) is 0.824. The van der Waals surface area contributed by atoms with Gasteiger partial charge in [-0.1, -0.05) is 19.8 Å². The van der Waals surface area contributed by atoms with E-state index in [9.17, 15) is 14.7 Å². The number of carboxylic acid groups (broad SMARTS) is 1. The van der Waals surface area contributed by atoms with Crippen molar-refractivity contribution in [3.63, 3.8) is 0 Å². The minimum Gasteiger partial charge on any atom is -0.480 e. The number of aliphatic carboxylic acids is 1. The number of rotatable bonds is 3. The number of amides is 2. The average Bonchev–Trinajstić information content (AvgIpc) is 2.32. The number of carbonyl (C=O) groups excluding carboxylic acids is 1. The highest BCUT2D eigenvalue weighted by molar-refractivity contribution is 5.87. The van der Waals surface area contributed by atoms with Crippen LogP contribution in [0, 0.1) is 5.92 Å². The van der Waals surface area contributed by atoms with Crippen molar-refractivity contribution in [3.05, 3.63) is 0 Å². The van der Waals surface area contributed by atoms with E-state index in [1.54, 1.807) is 11.9 Å². The number of nitrogens with zero attached hydrogens (tertiary/aromatic N) is 1. The van der Waals surface area contributed by atoms with E-state index in [1.165, 1.54) is 6.42 Å². The van der Waals surface area contributed by atoms with Crippen molar-refractivity contribution in [3.8, 4) is 0 Å². The average molecular weight is 268 g/mol. The Morgan fingerprint density at radius 3 is 2.32 bits per heavy atom. The van der Waals surface area contributed by atoms with Gasteiger partial charge in [-0.25, -0.2) is 9.59 Å². The number of hydrogen-bond donors (Lipinski definition) is 2. The highest BCUT2D eigenvalue weighted by Gasteiger charge is 2.46. The second-order valence-corrected chi connectivity index (χ2v) is 6.11. The molecule has 2 N–H and O–H groups in total. The Balaban J connectivity index is 1.97. The Labute approximate surface area is 114 Å². The molecule has 2 amide bonds. The molecule has 108 valence electrons. The SMILES string of the molecule is CC1CCCCC1N(C)C(=O)NC1(C(=O)O)CCC1. The number of carbonyl (C=O) groups is 2. The Morgan fingerprint density at radius 2 is 1.84 bits per heavy atom. The first-order chi connectivity index (χ1) is 8.96. The molecule has 2 aliphatic carbocycles. The van der Waals surface area contributed by atoms with Crippen LogP contribution in [0.5, 0.6) is 0 Å². The van der Waals surface area contributed by atoms with Crippen LogP contribution in [-0.4, -0.2) is 40.6 Å². The molecule has 0 aromatic carbocycles. The van der Waals surface area contributed by atoms with Gasteiger partial charge in [0, 0.05) is 13.1 Å². The maximum absolute atomic E-state index is 12.3. The van der Waals surface area contributed by atoms with E-state index < -0.39 is 11.5 Å². The molecule has 0 saturated heterocycles. The lowest BCUT2D eigenvalue weighted by Crippen LogP contribution is -2.62. The lowest BCUT2D eigenvalue weighted by Gasteiger charge is -2.42. The molecule has 19 heavy (non-hydrogen) atoms. The summed E-state index contributed by atoms with van der Waals surface area (Å²) < 4.78 is 0. The molecule has 2 atom stereocenters. The van der Waals surface area contributed by atoms with Crippen molar-refractivity contribution in [2.45, 2.75) is 63.5 Å². The molecule has 0 aromatic rings. The number of nitrogens with one attached hydrogen (secondary N) is 1. The Morgan fingerprint density at radius 1 is 1.21 bits per heavy atom. The van der Waals surface area contributed by atoms with E-state index in [-0.39, 0.29) is 12.1 Å². The molecule has 5 nitrogen and oxygen atoms in total. The summed E-state index contributed by atoms with van der Waals surface area (Å²) in [7, 11) is 1.79. The van der Waals surface area contributed by atoms with E-state index in [0.29, 0.717) is 18.8 Å². The summed E-state index contributed by atoms with van der Waals surface area (Å²) in [4.78, 5) is 25.2. The fraction of sp³-hybridized carbons (Fsp3) is 0.857. The van der Waals surface area contributed by atoms with Crippen LogP contribution in [0.4, 0.5) is 4.79 Å². The molecule has 0 aromatic heterocycles. The zero-order valence-electron chi connectivity index (χ0n) is 11.8. The van der Waals surface area contributed by atoms with Crippen LogP contribution in [0.15, 0.2) is 0 Å². The van der Waals surface area contributed by atoms with Gasteiger partial charge in [-0.2, -0.15) is 0 Å². The van der Waals surface area contributed by atoms with Gasteiger partial charge in [0.25, 0.3) is 0 Å². The van der Waals surface area contributed by atoms with Gasteiger partial charge in [0.2, 0.25) is 0 Å². The highest BCUT2D eigenvalue weighted by Crippen LogP contribution is 2.33. The van der Waals surface area contributed by atoms with Crippen LogP contribution < -0.4 is 5.32 Å². The fourth-order valence-electron chi connectivity index (χ4n) is 3.24. The van der Waals surface area contributed by atoms with Crippen molar-refractivity contribution in [1.82, 2.24) is 10.2 Å².